The first-order valence-electron chi connectivity index (χ1n) is 8.81. The molecule has 0 saturated carbocycles. The maximum absolute atomic E-state index is 7.58. The molecule has 1 atom stereocenters. The molecule has 1 unspecified atom stereocenters. The van der Waals surface area contributed by atoms with Crippen molar-refractivity contribution in [2.45, 2.75) is 19.7 Å². The van der Waals surface area contributed by atoms with Crippen molar-refractivity contribution in [3.05, 3.63) is 66.5 Å². The van der Waals surface area contributed by atoms with Gasteiger partial charge in [-0.3, -0.25) is 4.98 Å². The van der Waals surface area contributed by atoms with E-state index in [1.54, 1.807) is 13.1 Å². The van der Waals surface area contributed by atoms with Gasteiger partial charge >= 0.3 is 0 Å². The highest BCUT2D eigenvalue weighted by atomic mass is 16.3. The molecule has 2 aromatic heterocycles. The van der Waals surface area contributed by atoms with Crippen molar-refractivity contribution in [3.63, 3.8) is 0 Å². The largest absolute Gasteiger partial charge is 0.455 e. The zero-order valence-electron chi connectivity index (χ0n) is 15.2. The van der Waals surface area contributed by atoms with E-state index in [0.717, 1.165) is 38.6 Å². The molecule has 4 rings (SSSR count). The van der Waals surface area contributed by atoms with Crippen LogP contribution in [0.2, 0.25) is 0 Å². The average molecular weight is 290 g/mol. The fourth-order valence-electron chi connectivity index (χ4n) is 2.82. The number of rotatable bonds is 2. The Morgan fingerprint density at radius 2 is 1.91 bits per heavy atom. The number of nitrogens with zero attached hydrogens (tertiary/aromatic N) is 1. The molecule has 2 nitrogen and oxygen atoms in total. The maximum Gasteiger partial charge on any atom is 0.143 e. The number of pyridine rings is 1. The molecule has 2 aromatic carbocycles. The molecule has 0 fully saturated rings. The molecule has 108 valence electrons. The molecule has 0 spiro atoms. The molecular weight excluding hydrogens is 270 g/mol. The van der Waals surface area contributed by atoms with Crippen molar-refractivity contribution < 1.29 is 8.53 Å². The van der Waals surface area contributed by atoms with Crippen LogP contribution < -0.4 is 0 Å². The smallest absolute Gasteiger partial charge is 0.143 e. The molecule has 2 heterocycles. The zero-order chi connectivity index (χ0) is 17.6. The Balaban J connectivity index is 1.82. The summed E-state index contributed by atoms with van der Waals surface area (Å²) in [7, 11) is 0. The lowest BCUT2D eigenvalue weighted by Crippen LogP contribution is -1.86. The molecule has 0 aliphatic carbocycles. The molecule has 0 radical (unpaired) electrons. The van der Waals surface area contributed by atoms with E-state index in [1.807, 2.05) is 54.7 Å². The second kappa shape index (κ2) is 4.99. The van der Waals surface area contributed by atoms with Crippen LogP contribution in [-0.4, -0.2) is 4.98 Å². The first-order valence-corrected chi connectivity index (χ1v) is 7.31. The third-order valence-electron chi connectivity index (χ3n) is 4.02. The molecule has 0 bridgehead atoms. The van der Waals surface area contributed by atoms with Gasteiger partial charge in [0.1, 0.15) is 11.2 Å². The van der Waals surface area contributed by atoms with Crippen LogP contribution >= 0.6 is 0 Å². The SMILES string of the molecule is [2H]C([2H])([2H])C(C)c1ccc(-c2cccc3c2oc2ccncc23)cc1. The fourth-order valence-corrected chi connectivity index (χ4v) is 2.82. The number of para-hydroxylation sites is 1. The second-order valence-electron chi connectivity index (χ2n) is 5.50. The zero-order valence-corrected chi connectivity index (χ0v) is 12.2. The number of aromatic nitrogens is 1. The molecule has 22 heavy (non-hydrogen) atoms. The minimum absolute atomic E-state index is 0.491. The normalized spacial score (nSPS) is 15.4. The number of fused-ring (bicyclic) bond motifs is 3. The average Bonchev–Trinajstić information content (AvgIpc) is 2.99. The second-order valence-corrected chi connectivity index (χ2v) is 5.50. The van der Waals surface area contributed by atoms with Gasteiger partial charge < -0.3 is 4.42 Å². The lowest BCUT2D eigenvalue weighted by molar-refractivity contribution is 0.669. The fraction of sp³-hybridized carbons (Fsp3) is 0.150. The first kappa shape index (κ1) is 10.2. The Bertz CT molecular complexity index is 1050. The van der Waals surface area contributed by atoms with E-state index >= 15 is 0 Å². The molecule has 2 heteroatoms. The molecule has 4 aromatic rings. The van der Waals surface area contributed by atoms with E-state index in [-0.39, 0.29) is 0 Å². The van der Waals surface area contributed by atoms with Crippen molar-refractivity contribution in [1.82, 2.24) is 4.98 Å². The van der Waals surface area contributed by atoms with E-state index in [9.17, 15) is 0 Å². The summed E-state index contributed by atoms with van der Waals surface area (Å²) < 4.78 is 28.8. The van der Waals surface area contributed by atoms with Crippen molar-refractivity contribution in [1.29, 1.82) is 0 Å². The molecule has 0 amide bonds. The quantitative estimate of drug-likeness (QED) is 0.468. The van der Waals surface area contributed by atoms with Crippen LogP contribution in [0.4, 0.5) is 0 Å². The van der Waals surface area contributed by atoms with Gasteiger partial charge in [-0.05, 0) is 23.1 Å². The van der Waals surface area contributed by atoms with Gasteiger partial charge in [0.05, 0.1) is 0 Å². The van der Waals surface area contributed by atoms with Gasteiger partial charge in [-0.25, -0.2) is 0 Å². The summed E-state index contributed by atoms with van der Waals surface area (Å²) >= 11 is 0. The van der Waals surface area contributed by atoms with Crippen LogP contribution in [0.5, 0.6) is 0 Å². The highest BCUT2D eigenvalue weighted by molar-refractivity contribution is 6.09. The van der Waals surface area contributed by atoms with E-state index in [1.165, 1.54) is 0 Å². The Hall–Kier alpha value is -2.61. The van der Waals surface area contributed by atoms with Crippen LogP contribution in [0.25, 0.3) is 33.1 Å². The third kappa shape index (κ3) is 2.00. The maximum atomic E-state index is 7.58. The van der Waals surface area contributed by atoms with Crippen molar-refractivity contribution in [2.24, 2.45) is 0 Å². The van der Waals surface area contributed by atoms with Crippen LogP contribution in [0.3, 0.4) is 0 Å². The summed E-state index contributed by atoms with van der Waals surface area (Å²) in [6, 6.07) is 15.6. The number of furan rings is 1. The minimum atomic E-state index is -1.99. The van der Waals surface area contributed by atoms with Crippen LogP contribution in [0.15, 0.2) is 65.3 Å². The van der Waals surface area contributed by atoms with Gasteiger partial charge in [0.2, 0.25) is 0 Å². The Kier molecular flexibility index (Phi) is 2.31. The van der Waals surface area contributed by atoms with E-state index < -0.39 is 12.8 Å². The van der Waals surface area contributed by atoms with Gasteiger partial charge in [0.15, 0.2) is 0 Å². The third-order valence-corrected chi connectivity index (χ3v) is 4.02. The summed E-state index contributed by atoms with van der Waals surface area (Å²) in [6.07, 6.45) is 3.53. The summed E-state index contributed by atoms with van der Waals surface area (Å²) in [5, 5.41) is 2.02. The van der Waals surface area contributed by atoms with Crippen molar-refractivity contribution in [3.8, 4) is 11.1 Å². The molecule has 0 saturated heterocycles. The Labute approximate surface area is 133 Å². The predicted molar refractivity (Wildman–Crippen MR) is 91.0 cm³/mol. The van der Waals surface area contributed by atoms with Crippen LogP contribution in [-0.2, 0) is 0 Å². The van der Waals surface area contributed by atoms with E-state index in [4.69, 9.17) is 8.53 Å². The summed E-state index contributed by atoms with van der Waals surface area (Å²) in [5.41, 5.74) is 4.43. The van der Waals surface area contributed by atoms with E-state index in [0.29, 0.717) is 0 Å². The molecule has 0 aliphatic heterocycles. The lowest BCUT2D eigenvalue weighted by atomic mass is 9.98. The summed E-state index contributed by atoms with van der Waals surface area (Å²) in [4.78, 5) is 4.18. The van der Waals surface area contributed by atoms with Crippen molar-refractivity contribution in [2.75, 3.05) is 0 Å². The Morgan fingerprint density at radius 1 is 1.05 bits per heavy atom. The Morgan fingerprint density at radius 3 is 2.73 bits per heavy atom. The number of benzene rings is 2. The van der Waals surface area contributed by atoms with E-state index in [2.05, 4.69) is 4.98 Å². The standard InChI is InChI=1S/C20H17NO/c1-13(2)14-6-8-15(9-7-14)16-4-3-5-17-18-12-21-11-10-19(18)22-20(16)17/h3-13H,1-2H3/i1D3. The van der Waals surface area contributed by atoms with Gasteiger partial charge in [-0.1, -0.05) is 56.2 Å². The predicted octanol–water partition coefficient (Wildman–Crippen LogP) is 5.77. The van der Waals surface area contributed by atoms with Gasteiger partial charge in [0.25, 0.3) is 0 Å². The highest BCUT2D eigenvalue weighted by Crippen LogP contribution is 2.35. The topological polar surface area (TPSA) is 26.0 Å². The van der Waals surface area contributed by atoms with Gasteiger partial charge in [-0.2, -0.15) is 0 Å². The molecular formula is C20H17NO. The minimum Gasteiger partial charge on any atom is -0.455 e. The van der Waals surface area contributed by atoms with Gasteiger partial charge in [-0.15, -0.1) is 0 Å². The lowest BCUT2D eigenvalue weighted by Gasteiger charge is -2.07. The molecule has 0 N–H and O–H groups in total. The first-order chi connectivity index (χ1) is 11.9. The van der Waals surface area contributed by atoms with Gasteiger partial charge in [0, 0.05) is 32.8 Å². The number of hydrogen-bond donors (Lipinski definition) is 0. The van der Waals surface area contributed by atoms with Crippen LogP contribution in [0.1, 0.15) is 29.4 Å². The monoisotopic (exact) mass is 290 g/mol. The van der Waals surface area contributed by atoms with Crippen molar-refractivity contribution >= 4 is 21.9 Å². The highest BCUT2D eigenvalue weighted by Gasteiger charge is 2.12. The summed E-state index contributed by atoms with van der Waals surface area (Å²) in [5.74, 6) is -0.491. The summed E-state index contributed by atoms with van der Waals surface area (Å²) in [6.45, 7) is -0.262. The van der Waals surface area contributed by atoms with Crippen LogP contribution in [0, 0.1) is 0 Å². The molecule has 0 aliphatic rings. The number of hydrogen-bond acceptors (Lipinski definition) is 2.